The molecule has 0 aliphatic carbocycles. The van der Waals surface area contributed by atoms with E-state index in [1.807, 2.05) is 30.3 Å². The molecule has 0 saturated heterocycles. The summed E-state index contributed by atoms with van der Waals surface area (Å²) in [4.78, 5) is 35.1. The van der Waals surface area contributed by atoms with Gasteiger partial charge in [-0.25, -0.2) is 4.98 Å². The van der Waals surface area contributed by atoms with Gasteiger partial charge in [-0.15, -0.1) is 0 Å². The van der Waals surface area contributed by atoms with Gasteiger partial charge >= 0.3 is 0 Å². The van der Waals surface area contributed by atoms with Gasteiger partial charge in [0.1, 0.15) is 11.5 Å². The normalized spacial score (nSPS) is 12.0. The summed E-state index contributed by atoms with van der Waals surface area (Å²) in [6.07, 6.45) is 3.99. The second-order valence-electron chi connectivity index (χ2n) is 6.36. The van der Waals surface area contributed by atoms with Gasteiger partial charge < -0.3 is 15.3 Å². The number of rotatable bonds is 6. The summed E-state index contributed by atoms with van der Waals surface area (Å²) in [6.45, 7) is 5.10. The molecule has 6 heteroatoms. The molecule has 1 atom stereocenters. The fourth-order valence-corrected chi connectivity index (χ4v) is 3.28. The van der Waals surface area contributed by atoms with Crippen molar-refractivity contribution in [2.45, 2.75) is 33.2 Å². The van der Waals surface area contributed by atoms with Crippen molar-refractivity contribution in [1.82, 2.24) is 20.3 Å². The molecular formula is C20H22N4O2. The second kappa shape index (κ2) is 7.39. The number of carbonyl (C=O) groups excluding carboxylic acids is 2. The van der Waals surface area contributed by atoms with Crippen LogP contribution in [-0.4, -0.2) is 26.6 Å². The molecular weight excluding hydrogens is 328 g/mol. The molecule has 0 spiro atoms. The van der Waals surface area contributed by atoms with Crippen LogP contribution in [0.1, 0.15) is 56.5 Å². The highest BCUT2D eigenvalue weighted by Gasteiger charge is 2.23. The van der Waals surface area contributed by atoms with Crippen LogP contribution < -0.4 is 5.32 Å². The lowest BCUT2D eigenvalue weighted by atomic mass is 10.0. The number of imidazole rings is 1. The molecule has 1 aromatic carbocycles. The summed E-state index contributed by atoms with van der Waals surface area (Å²) in [5.41, 5.74) is 3.38. The predicted octanol–water partition coefficient (Wildman–Crippen LogP) is 3.27. The Morgan fingerprint density at radius 1 is 1.19 bits per heavy atom. The molecule has 0 radical (unpaired) electrons. The zero-order chi connectivity index (χ0) is 18.7. The summed E-state index contributed by atoms with van der Waals surface area (Å²) in [7, 11) is 0. The summed E-state index contributed by atoms with van der Waals surface area (Å²) >= 11 is 0. The summed E-state index contributed by atoms with van der Waals surface area (Å²) in [5, 5.41) is 3.07. The van der Waals surface area contributed by atoms with Crippen LogP contribution in [0.2, 0.25) is 0 Å². The SMILES string of the molecule is CC(=O)c1c(C)[nH]c(C(=O)NC(Cc2ncc[nH]2)c2ccccc2)c1C. The molecule has 3 aromatic rings. The first kappa shape index (κ1) is 17.7. The van der Waals surface area contributed by atoms with Crippen molar-refractivity contribution in [3.05, 3.63) is 76.6 Å². The Labute approximate surface area is 152 Å². The number of H-pyrrole nitrogens is 2. The molecule has 0 aliphatic heterocycles. The van der Waals surface area contributed by atoms with Crippen LogP contribution in [0, 0.1) is 13.8 Å². The van der Waals surface area contributed by atoms with E-state index in [9.17, 15) is 9.59 Å². The topological polar surface area (TPSA) is 90.6 Å². The molecule has 2 heterocycles. The molecule has 3 rings (SSSR count). The summed E-state index contributed by atoms with van der Waals surface area (Å²) < 4.78 is 0. The van der Waals surface area contributed by atoms with Gasteiger partial charge in [0.25, 0.3) is 5.91 Å². The minimum Gasteiger partial charge on any atom is -0.354 e. The number of amides is 1. The number of hydrogen-bond donors (Lipinski definition) is 3. The zero-order valence-corrected chi connectivity index (χ0v) is 15.1. The Morgan fingerprint density at radius 3 is 2.50 bits per heavy atom. The molecule has 1 unspecified atom stereocenters. The van der Waals surface area contributed by atoms with Gasteiger partial charge in [-0.3, -0.25) is 9.59 Å². The standard InChI is InChI=1S/C20H22N4O2/c1-12-18(14(3)25)13(2)23-19(12)20(26)24-16(11-17-21-9-10-22-17)15-7-5-4-6-8-15/h4-10,16,23H,11H2,1-3H3,(H,21,22)(H,24,26). The van der Waals surface area contributed by atoms with Gasteiger partial charge in [0.05, 0.1) is 6.04 Å². The number of aromatic nitrogens is 3. The number of nitrogens with one attached hydrogen (secondary N) is 3. The summed E-state index contributed by atoms with van der Waals surface area (Å²) in [5.74, 6) is 0.506. The van der Waals surface area contributed by atoms with Crippen LogP contribution in [-0.2, 0) is 6.42 Å². The van der Waals surface area contributed by atoms with E-state index in [0.29, 0.717) is 28.9 Å². The molecule has 1 amide bonds. The van der Waals surface area contributed by atoms with E-state index in [0.717, 1.165) is 11.4 Å². The Balaban J connectivity index is 1.88. The van der Waals surface area contributed by atoms with Crippen molar-refractivity contribution in [3.8, 4) is 0 Å². The van der Waals surface area contributed by atoms with E-state index < -0.39 is 0 Å². The average molecular weight is 350 g/mol. The molecule has 0 fully saturated rings. The van der Waals surface area contributed by atoms with Crippen LogP contribution in [0.15, 0.2) is 42.7 Å². The Kier molecular flexibility index (Phi) is 5.02. The number of ketones is 1. The number of benzene rings is 1. The third kappa shape index (κ3) is 3.59. The van der Waals surface area contributed by atoms with Crippen LogP contribution in [0.3, 0.4) is 0 Å². The molecule has 0 saturated carbocycles. The van der Waals surface area contributed by atoms with Crippen LogP contribution in [0.25, 0.3) is 0 Å². The van der Waals surface area contributed by atoms with E-state index in [-0.39, 0.29) is 17.7 Å². The van der Waals surface area contributed by atoms with Crippen molar-refractivity contribution < 1.29 is 9.59 Å². The zero-order valence-electron chi connectivity index (χ0n) is 15.1. The van der Waals surface area contributed by atoms with Gasteiger partial charge in [0.15, 0.2) is 5.78 Å². The summed E-state index contributed by atoms with van der Waals surface area (Å²) in [6, 6.07) is 9.53. The molecule has 2 aromatic heterocycles. The highest BCUT2D eigenvalue weighted by atomic mass is 16.2. The maximum Gasteiger partial charge on any atom is 0.268 e. The van der Waals surface area contributed by atoms with E-state index in [4.69, 9.17) is 0 Å². The molecule has 134 valence electrons. The number of hydrogen-bond acceptors (Lipinski definition) is 3. The van der Waals surface area contributed by atoms with Crippen molar-refractivity contribution in [2.24, 2.45) is 0 Å². The monoisotopic (exact) mass is 350 g/mol. The Morgan fingerprint density at radius 2 is 1.92 bits per heavy atom. The third-order valence-corrected chi connectivity index (χ3v) is 4.48. The van der Waals surface area contributed by atoms with Gasteiger partial charge in [0.2, 0.25) is 0 Å². The fourth-order valence-electron chi connectivity index (χ4n) is 3.28. The first-order valence-corrected chi connectivity index (χ1v) is 8.51. The van der Waals surface area contributed by atoms with Crippen molar-refractivity contribution in [2.75, 3.05) is 0 Å². The largest absolute Gasteiger partial charge is 0.354 e. The number of carbonyl (C=O) groups is 2. The van der Waals surface area contributed by atoms with Crippen LogP contribution in [0.5, 0.6) is 0 Å². The Hall–Kier alpha value is -3.15. The number of nitrogens with zero attached hydrogens (tertiary/aromatic N) is 1. The quantitative estimate of drug-likeness (QED) is 0.596. The van der Waals surface area contributed by atoms with Crippen molar-refractivity contribution >= 4 is 11.7 Å². The highest BCUT2D eigenvalue weighted by Crippen LogP contribution is 2.21. The maximum atomic E-state index is 12.9. The van der Waals surface area contributed by atoms with E-state index >= 15 is 0 Å². The molecule has 6 nitrogen and oxygen atoms in total. The first-order valence-electron chi connectivity index (χ1n) is 8.51. The van der Waals surface area contributed by atoms with Crippen molar-refractivity contribution in [1.29, 1.82) is 0 Å². The van der Waals surface area contributed by atoms with Gasteiger partial charge in [-0.2, -0.15) is 0 Å². The van der Waals surface area contributed by atoms with Gasteiger partial charge in [-0.1, -0.05) is 30.3 Å². The molecule has 26 heavy (non-hydrogen) atoms. The lowest BCUT2D eigenvalue weighted by Gasteiger charge is -2.18. The first-order chi connectivity index (χ1) is 12.5. The highest BCUT2D eigenvalue weighted by molar-refractivity contribution is 6.02. The predicted molar refractivity (Wildman–Crippen MR) is 99.2 cm³/mol. The van der Waals surface area contributed by atoms with Gasteiger partial charge in [-0.05, 0) is 31.9 Å². The molecule has 0 bridgehead atoms. The minimum atomic E-state index is -0.237. The minimum absolute atomic E-state index is 0.0505. The smallest absolute Gasteiger partial charge is 0.268 e. The van der Waals surface area contributed by atoms with E-state index in [1.165, 1.54) is 6.92 Å². The van der Waals surface area contributed by atoms with Crippen LogP contribution in [0.4, 0.5) is 0 Å². The number of Topliss-reactive ketones (excluding diaryl/α,β-unsaturated/α-hetero) is 1. The molecule has 0 aliphatic rings. The van der Waals surface area contributed by atoms with E-state index in [1.54, 1.807) is 26.2 Å². The van der Waals surface area contributed by atoms with E-state index in [2.05, 4.69) is 20.3 Å². The second-order valence-corrected chi connectivity index (χ2v) is 6.36. The lowest BCUT2D eigenvalue weighted by molar-refractivity contribution is 0.0931. The fraction of sp³-hybridized carbons (Fsp3) is 0.250. The van der Waals surface area contributed by atoms with Crippen molar-refractivity contribution in [3.63, 3.8) is 0 Å². The number of aryl methyl sites for hydroxylation is 1. The number of aromatic amines is 2. The van der Waals surface area contributed by atoms with Crippen LogP contribution >= 0.6 is 0 Å². The third-order valence-electron chi connectivity index (χ3n) is 4.48. The molecule has 3 N–H and O–H groups in total. The Bertz CT molecular complexity index is 911. The lowest BCUT2D eigenvalue weighted by Crippen LogP contribution is -2.31. The van der Waals surface area contributed by atoms with Gasteiger partial charge in [0, 0.05) is 30.1 Å². The average Bonchev–Trinajstić information content (AvgIpc) is 3.22. The maximum absolute atomic E-state index is 12.9.